The van der Waals surface area contributed by atoms with E-state index in [2.05, 4.69) is 31.3 Å². The lowest BCUT2D eigenvalue weighted by molar-refractivity contribution is -0.140. The minimum atomic E-state index is -1.04. The van der Waals surface area contributed by atoms with Gasteiger partial charge in [-0.3, -0.25) is 29.3 Å². The summed E-state index contributed by atoms with van der Waals surface area (Å²) >= 11 is 0. The number of nitrogens with one attached hydrogen (secondary N) is 4. The molecule has 1 aromatic carbocycles. The first kappa shape index (κ1) is 42.9. The molecule has 0 spiro atoms. The van der Waals surface area contributed by atoms with Crippen LogP contribution in [0.15, 0.2) is 29.4 Å². The number of carboxylic acids is 1. The highest BCUT2D eigenvalue weighted by Gasteiger charge is 2.25. The lowest BCUT2D eigenvalue weighted by Crippen LogP contribution is -2.52. The number of benzene rings is 1. The molecule has 0 unspecified atom stereocenters. The minimum Gasteiger partial charge on any atom is -0.508 e. The zero-order valence-corrected chi connectivity index (χ0v) is 28.0. The van der Waals surface area contributed by atoms with E-state index in [1.54, 1.807) is 31.2 Å². The van der Waals surface area contributed by atoms with Gasteiger partial charge in [-0.15, -0.1) is 0 Å². The molecule has 16 heteroatoms. The fraction of sp³-hybridized carbons (Fsp3) is 0.645. The molecule has 0 aliphatic carbocycles. The van der Waals surface area contributed by atoms with Crippen LogP contribution in [0.2, 0.25) is 0 Å². The lowest BCUT2D eigenvalue weighted by Gasteiger charge is -2.23. The van der Waals surface area contributed by atoms with Gasteiger partial charge in [0.1, 0.15) is 11.5 Å². The van der Waals surface area contributed by atoms with Crippen molar-refractivity contribution >= 4 is 29.4 Å². The summed E-state index contributed by atoms with van der Waals surface area (Å²) in [7, 11) is 1.53. The first-order valence-corrected chi connectivity index (χ1v) is 15.5. The molecule has 0 aromatic heterocycles. The average molecular weight is 666 g/mol. The summed E-state index contributed by atoms with van der Waals surface area (Å²) in [6.45, 7) is 9.24. The molecular formula is C31H51N7O9. The second-order valence-electron chi connectivity index (χ2n) is 10.9. The van der Waals surface area contributed by atoms with Crippen molar-refractivity contribution < 1.29 is 43.7 Å². The topological polar surface area (TPSA) is 241 Å². The van der Waals surface area contributed by atoms with Gasteiger partial charge < -0.3 is 35.6 Å². The fourth-order valence-corrected chi connectivity index (χ4v) is 4.00. The van der Waals surface area contributed by atoms with Crippen LogP contribution >= 0.6 is 0 Å². The van der Waals surface area contributed by atoms with Crippen LogP contribution in [-0.2, 0) is 39.9 Å². The van der Waals surface area contributed by atoms with Gasteiger partial charge >= 0.3 is 5.97 Å². The number of carbonyl (C=O) groups is 5. The molecule has 3 atom stereocenters. The van der Waals surface area contributed by atoms with E-state index in [0.29, 0.717) is 45.7 Å². The minimum absolute atomic E-state index is 0.00185. The predicted octanol–water partition coefficient (Wildman–Crippen LogP) is 1.50. The molecule has 0 saturated carbocycles. The number of aromatic hydroxyl groups is 1. The van der Waals surface area contributed by atoms with Crippen molar-refractivity contribution in [2.75, 3.05) is 53.1 Å². The van der Waals surface area contributed by atoms with E-state index in [9.17, 15) is 29.1 Å². The summed E-state index contributed by atoms with van der Waals surface area (Å²) in [4.78, 5) is 60.9. The smallest absolute Gasteiger partial charge is 0.305 e. The number of phenolic OH excluding ortho intramolecular Hbond substituents is 1. The Morgan fingerprint density at radius 3 is 2.13 bits per heavy atom. The number of ether oxygens (including phenoxy) is 2. The third-order valence-electron chi connectivity index (χ3n) is 6.41. The third kappa shape index (κ3) is 22.1. The number of nitrogens with zero attached hydrogens (tertiary/aromatic N) is 3. The van der Waals surface area contributed by atoms with Gasteiger partial charge in [0.25, 0.3) is 0 Å². The summed E-state index contributed by atoms with van der Waals surface area (Å²) in [5.74, 6) is -1.37. The van der Waals surface area contributed by atoms with Crippen LogP contribution in [-0.4, -0.2) is 111 Å². The van der Waals surface area contributed by atoms with E-state index in [0.717, 1.165) is 5.56 Å². The lowest BCUT2D eigenvalue weighted by atomic mass is 9.98. The molecule has 16 nitrogen and oxygen atoms in total. The Morgan fingerprint density at radius 2 is 1.60 bits per heavy atom. The molecule has 0 saturated heterocycles. The fourth-order valence-electron chi connectivity index (χ4n) is 4.00. The van der Waals surface area contributed by atoms with E-state index in [1.165, 1.54) is 14.0 Å². The standard InChI is InChI=1S/C20H30N2O4.C11H21N5O5/c1-5-19(25)17(10-13(2)3)22-20(26)18(21-12-14(4)23)11-15-6-8-16(24)9-7-15;1-13-9(8-10(17)18)11(19)14-2-4-20-6-7-21-5-3-15-16-12/h6-9,13,17-18,21,24H,5,10-12H2,1-4H3,(H,22,26);9,13H,2-8H2,1H3,(H,14,19)(H,17,18)/t17-,18+;9-/m10/s1. The van der Waals surface area contributed by atoms with Crippen molar-refractivity contribution in [2.24, 2.45) is 11.0 Å². The molecule has 264 valence electrons. The zero-order valence-electron chi connectivity index (χ0n) is 28.0. The summed E-state index contributed by atoms with van der Waals surface area (Å²) < 4.78 is 10.3. The monoisotopic (exact) mass is 665 g/mol. The first-order valence-electron chi connectivity index (χ1n) is 15.5. The number of phenols is 1. The van der Waals surface area contributed by atoms with Gasteiger partial charge in [0, 0.05) is 24.4 Å². The largest absolute Gasteiger partial charge is 0.508 e. The highest BCUT2D eigenvalue weighted by molar-refractivity contribution is 5.91. The number of aliphatic carboxylic acids is 1. The number of carbonyl (C=O) groups excluding carboxylic acids is 4. The van der Waals surface area contributed by atoms with Crippen LogP contribution in [0.5, 0.6) is 5.75 Å². The van der Waals surface area contributed by atoms with E-state index in [-0.39, 0.29) is 61.1 Å². The Morgan fingerprint density at radius 1 is 0.957 bits per heavy atom. The van der Waals surface area contributed by atoms with Crippen molar-refractivity contribution in [3.63, 3.8) is 0 Å². The van der Waals surface area contributed by atoms with Gasteiger partial charge in [-0.1, -0.05) is 38.0 Å². The number of likely N-dealkylation sites (N-methyl/N-ethyl adjacent to an activating group) is 1. The van der Waals surface area contributed by atoms with Gasteiger partial charge in [0.15, 0.2) is 5.78 Å². The van der Waals surface area contributed by atoms with Crippen molar-refractivity contribution in [1.29, 1.82) is 0 Å². The molecule has 0 aliphatic rings. The maximum atomic E-state index is 12.8. The second kappa shape index (κ2) is 26.0. The Balaban J connectivity index is 0.000000923. The molecule has 0 bridgehead atoms. The Hall–Kier alpha value is -4.08. The van der Waals surface area contributed by atoms with Crippen molar-refractivity contribution in [3.05, 3.63) is 40.3 Å². The molecule has 0 heterocycles. The number of azide groups is 1. The van der Waals surface area contributed by atoms with Crippen LogP contribution in [0.25, 0.3) is 10.4 Å². The van der Waals surface area contributed by atoms with E-state index >= 15 is 0 Å². The molecule has 1 rings (SSSR count). The highest BCUT2D eigenvalue weighted by Crippen LogP contribution is 2.13. The van der Waals surface area contributed by atoms with Crippen LogP contribution in [0.4, 0.5) is 0 Å². The number of ketones is 2. The molecular weight excluding hydrogens is 614 g/mol. The zero-order chi connectivity index (χ0) is 35.6. The van der Waals surface area contributed by atoms with Crippen LogP contribution in [0.1, 0.15) is 52.5 Å². The number of amides is 2. The maximum Gasteiger partial charge on any atom is 0.305 e. The summed E-state index contributed by atoms with van der Waals surface area (Å²) in [5.41, 5.74) is 8.87. The Labute approximate surface area is 276 Å². The van der Waals surface area contributed by atoms with Gasteiger partial charge in [-0.05, 0) is 56.0 Å². The number of hydrogen-bond acceptors (Lipinski definition) is 11. The van der Waals surface area contributed by atoms with Crippen molar-refractivity contribution in [2.45, 2.75) is 71.5 Å². The van der Waals surface area contributed by atoms with Crippen LogP contribution in [0.3, 0.4) is 0 Å². The van der Waals surface area contributed by atoms with Crippen molar-refractivity contribution in [3.8, 4) is 5.75 Å². The molecule has 1 aromatic rings. The molecule has 6 N–H and O–H groups in total. The number of Topliss-reactive ketones (excluding diaryl/α,β-unsaturated/α-hetero) is 2. The predicted molar refractivity (Wildman–Crippen MR) is 175 cm³/mol. The summed E-state index contributed by atoms with van der Waals surface area (Å²) in [6.07, 6.45) is 1.02. The molecule has 0 fully saturated rings. The van der Waals surface area contributed by atoms with Crippen LogP contribution < -0.4 is 21.3 Å². The maximum absolute atomic E-state index is 12.8. The van der Waals surface area contributed by atoms with E-state index in [1.807, 2.05) is 13.8 Å². The number of hydrogen-bond donors (Lipinski definition) is 6. The highest BCUT2D eigenvalue weighted by atomic mass is 16.5. The normalized spacial score (nSPS) is 12.5. The quantitative estimate of drug-likeness (QED) is 0.0400. The molecule has 0 aliphatic heterocycles. The summed E-state index contributed by atoms with van der Waals surface area (Å²) in [5, 5.41) is 32.3. The van der Waals surface area contributed by atoms with Crippen LogP contribution in [0, 0.1) is 5.92 Å². The van der Waals surface area contributed by atoms with Gasteiger partial charge in [-0.2, -0.15) is 0 Å². The Bertz CT molecular complexity index is 1140. The first-order chi connectivity index (χ1) is 22.3. The number of rotatable bonds is 24. The van der Waals surface area contributed by atoms with Gasteiger partial charge in [0.05, 0.1) is 57.5 Å². The number of carboxylic acid groups (broad SMARTS) is 1. The third-order valence-corrected chi connectivity index (χ3v) is 6.41. The Kier molecular flexibility index (Phi) is 23.8. The SMILES string of the molecule is CCC(=O)[C@@H](CC(C)C)NC(=O)[C@H](Cc1ccc(O)cc1)NCC(C)=O.CN[C@@H](CC(=O)O)C(=O)NCCOCCOCCN=[N+]=[N-]. The molecule has 2 amide bonds. The van der Waals surface area contributed by atoms with E-state index in [4.69, 9.17) is 20.1 Å². The molecule has 0 radical (unpaired) electrons. The van der Waals surface area contributed by atoms with Crippen molar-refractivity contribution in [1.82, 2.24) is 21.3 Å². The van der Waals surface area contributed by atoms with Gasteiger partial charge in [-0.25, -0.2) is 0 Å². The second-order valence-corrected chi connectivity index (χ2v) is 10.9. The van der Waals surface area contributed by atoms with E-state index < -0.39 is 24.1 Å². The van der Waals surface area contributed by atoms with Gasteiger partial charge in [0.2, 0.25) is 11.8 Å². The summed E-state index contributed by atoms with van der Waals surface area (Å²) in [6, 6.07) is 4.65. The molecule has 47 heavy (non-hydrogen) atoms. The average Bonchev–Trinajstić information content (AvgIpc) is 3.02.